The van der Waals surface area contributed by atoms with E-state index >= 15 is 0 Å². The summed E-state index contributed by atoms with van der Waals surface area (Å²) in [4.78, 5) is 19.6. The molecule has 0 spiro atoms. The average molecular weight is 693 g/mol. The Balaban J connectivity index is 1.40. The van der Waals surface area contributed by atoms with E-state index in [1.807, 2.05) is 61.7 Å². The molecule has 6 nitrogen and oxygen atoms in total. The summed E-state index contributed by atoms with van der Waals surface area (Å²) in [7, 11) is 0. The third-order valence-electron chi connectivity index (χ3n) is 9.70. The molecule has 2 aromatic heterocycles. The number of fused-ring (bicyclic) bond motifs is 4. The average Bonchev–Trinajstić information content (AvgIpc) is 3.69. The molecule has 1 aliphatic rings. The third kappa shape index (κ3) is 6.84. The van der Waals surface area contributed by atoms with Crippen molar-refractivity contribution in [1.82, 2.24) is 9.13 Å². The van der Waals surface area contributed by atoms with E-state index in [2.05, 4.69) is 132 Å². The van der Waals surface area contributed by atoms with Crippen LogP contribution in [0.25, 0.3) is 56.4 Å². The minimum Gasteiger partial charge on any atom is -0.309 e. The molecule has 0 fully saturated rings. The van der Waals surface area contributed by atoms with Crippen LogP contribution >= 0.6 is 0 Å². The van der Waals surface area contributed by atoms with E-state index in [0.717, 1.165) is 62.1 Å². The second-order valence-corrected chi connectivity index (χ2v) is 13.1. The molecule has 0 amide bonds. The maximum absolute atomic E-state index is 5.10. The minimum absolute atomic E-state index is 0.157. The highest BCUT2D eigenvalue weighted by molar-refractivity contribution is 6.16. The van der Waals surface area contributed by atoms with E-state index < -0.39 is 0 Å². The number of benzene rings is 4. The van der Waals surface area contributed by atoms with Gasteiger partial charge in [-0.1, -0.05) is 104 Å². The number of aliphatic imine (C=N–C) groups is 4. The van der Waals surface area contributed by atoms with Gasteiger partial charge in [0.05, 0.1) is 22.2 Å². The summed E-state index contributed by atoms with van der Waals surface area (Å²) < 4.78 is 4.56. The van der Waals surface area contributed by atoms with Gasteiger partial charge < -0.3 is 4.57 Å². The first-order chi connectivity index (χ1) is 26.1. The van der Waals surface area contributed by atoms with Crippen molar-refractivity contribution in [3.05, 3.63) is 157 Å². The summed E-state index contributed by atoms with van der Waals surface area (Å²) >= 11 is 0. The largest absolute Gasteiger partial charge is 0.309 e. The van der Waals surface area contributed by atoms with Gasteiger partial charge in [0.1, 0.15) is 11.7 Å². The lowest BCUT2D eigenvalue weighted by molar-refractivity contribution is 0.676. The van der Waals surface area contributed by atoms with Gasteiger partial charge in [-0.2, -0.15) is 0 Å². The van der Waals surface area contributed by atoms with Gasteiger partial charge in [0.25, 0.3) is 0 Å². The Kier molecular flexibility index (Phi) is 10.5. The van der Waals surface area contributed by atoms with Crippen molar-refractivity contribution < 1.29 is 0 Å². The molecule has 7 rings (SSSR count). The number of nitrogens with zero attached hydrogens (tertiary/aromatic N) is 6. The Morgan fingerprint density at radius 3 is 2.30 bits per heavy atom. The minimum atomic E-state index is -0.157. The standard InChI is InChI=1S/C47H44N6/c1-6-18-33(19-7-2)32-50-47(34-21-12-10-13-22-34)51-46(48-5)35-27-28-49-45(29-35)53-42-26-17-16-25-38(42)40-30-39-37(20-8-3)41(9-4)52(43(39)31-44(40)53)36-23-14-11-15-24-36/h6-17,19-26,28-31,33,35H,1,4-5,18,27,32H2,2-3H3/b19-7-,20-8-,50-47?,51-46?. The first-order valence-electron chi connectivity index (χ1n) is 18.2. The molecule has 53 heavy (non-hydrogen) atoms. The quantitative estimate of drug-likeness (QED) is 0.0737. The molecular formula is C47H44N6. The van der Waals surface area contributed by atoms with Crippen LogP contribution in [0, 0.1) is 11.8 Å². The van der Waals surface area contributed by atoms with Crippen LogP contribution in [-0.4, -0.2) is 40.3 Å². The zero-order chi connectivity index (χ0) is 36.7. The summed E-state index contributed by atoms with van der Waals surface area (Å²) in [5.74, 6) is 2.14. The Morgan fingerprint density at radius 2 is 1.58 bits per heavy atom. The molecule has 0 saturated heterocycles. The number of aromatic nitrogens is 2. The Morgan fingerprint density at radius 1 is 0.849 bits per heavy atom. The summed E-state index contributed by atoms with van der Waals surface area (Å²) in [6.45, 7) is 16.8. The predicted molar refractivity (Wildman–Crippen MR) is 230 cm³/mol. The molecule has 6 aromatic rings. The first-order valence-corrected chi connectivity index (χ1v) is 18.2. The van der Waals surface area contributed by atoms with Gasteiger partial charge in [0.2, 0.25) is 0 Å². The third-order valence-corrected chi connectivity index (χ3v) is 9.70. The lowest BCUT2D eigenvalue weighted by atomic mass is 10.0. The molecule has 0 N–H and O–H groups in total. The number of allylic oxidation sites excluding steroid dienone is 3. The van der Waals surface area contributed by atoms with Gasteiger partial charge >= 0.3 is 0 Å². The van der Waals surface area contributed by atoms with E-state index in [-0.39, 0.29) is 11.8 Å². The molecule has 2 atom stereocenters. The van der Waals surface area contributed by atoms with Crippen LogP contribution in [0.5, 0.6) is 0 Å². The first kappa shape index (κ1) is 35.0. The lowest BCUT2D eigenvalue weighted by Gasteiger charge is -2.18. The van der Waals surface area contributed by atoms with Gasteiger partial charge in [0.15, 0.2) is 5.84 Å². The van der Waals surface area contributed by atoms with Crippen molar-refractivity contribution in [2.75, 3.05) is 6.54 Å². The van der Waals surface area contributed by atoms with Gasteiger partial charge in [-0.05, 0) is 81.8 Å². The number of para-hydroxylation sites is 2. The topological polar surface area (TPSA) is 59.3 Å². The van der Waals surface area contributed by atoms with Crippen molar-refractivity contribution in [1.29, 1.82) is 0 Å². The van der Waals surface area contributed by atoms with Crippen molar-refractivity contribution in [2.24, 2.45) is 31.8 Å². The fraction of sp³-hybridized carbons (Fsp3) is 0.149. The molecule has 4 aromatic carbocycles. The molecule has 3 heterocycles. The molecule has 0 aliphatic carbocycles. The number of rotatable bonds is 11. The van der Waals surface area contributed by atoms with Crippen molar-refractivity contribution in [2.45, 2.75) is 26.7 Å². The van der Waals surface area contributed by atoms with Crippen molar-refractivity contribution in [3.8, 4) is 5.69 Å². The van der Waals surface area contributed by atoms with Gasteiger partial charge in [-0.15, -0.1) is 6.58 Å². The highest BCUT2D eigenvalue weighted by Crippen LogP contribution is 2.40. The van der Waals surface area contributed by atoms with Gasteiger partial charge in [-0.3, -0.25) is 9.56 Å². The Labute approximate surface area is 311 Å². The molecular weight excluding hydrogens is 649 g/mol. The van der Waals surface area contributed by atoms with Crippen LogP contribution in [0.1, 0.15) is 43.5 Å². The maximum Gasteiger partial charge on any atom is 0.156 e. The summed E-state index contributed by atoms with van der Waals surface area (Å²) in [5, 5.41) is 3.48. The second kappa shape index (κ2) is 15.9. The van der Waals surface area contributed by atoms with Crippen LogP contribution in [0.2, 0.25) is 0 Å². The number of amidine groups is 2. The molecule has 0 saturated carbocycles. The fourth-order valence-electron chi connectivity index (χ4n) is 7.33. The van der Waals surface area contributed by atoms with Crippen LogP contribution in [0.4, 0.5) is 0 Å². The van der Waals surface area contributed by atoms with Crippen LogP contribution in [-0.2, 0) is 0 Å². The predicted octanol–water partition coefficient (Wildman–Crippen LogP) is 11.6. The Hall–Kier alpha value is -6.40. The fourth-order valence-corrected chi connectivity index (χ4v) is 7.33. The van der Waals surface area contributed by atoms with E-state index in [4.69, 9.17) is 15.0 Å². The summed E-state index contributed by atoms with van der Waals surface area (Å²) in [6, 6.07) is 33.7. The molecule has 6 heteroatoms. The van der Waals surface area contributed by atoms with E-state index in [0.29, 0.717) is 24.6 Å². The molecule has 0 bridgehead atoms. The highest BCUT2D eigenvalue weighted by atomic mass is 15.1. The van der Waals surface area contributed by atoms with E-state index in [1.54, 1.807) is 0 Å². The van der Waals surface area contributed by atoms with Crippen LogP contribution in [0.15, 0.2) is 161 Å². The lowest BCUT2D eigenvalue weighted by Crippen LogP contribution is -2.17. The van der Waals surface area contributed by atoms with Gasteiger partial charge in [0, 0.05) is 51.7 Å². The number of hydrogen-bond donors (Lipinski definition) is 0. The summed E-state index contributed by atoms with van der Waals surface area (Å²) in [6.07, 6.45) is 18.0. The van der Waals surface area contributed by atoms with E-state index in [9.17, 15) is 0 Å². The van der Waals surface area contributed by atoms with E-state index in [1.165, 1.54) is 5.39 Å². The summed E-state index contributed by atoms with van der Waals surface area (Å²) in [5.41, 5.74) is 7.45. The highest BCUT2D eigenvalue weighted by Gasteiger charge is 2.23. The normalized spacial score (nSPS) is 15.9. The monoisotopic (exact) mass is 692 g/mol. The zero-order valence-corrected chi connectivity index (χ0v) is 30.4. The molecule has 0 radical (unpaired) electrons. The Bertz CT molecular complexity index is 2500. The second-order valence-electron chi connectivity index (χ2n) is 13.1. The molecule has 2 unspecified atom stereocenters. The van der Waals surface area contributed by atoms with Crippen LogP contribution in [0.3, 0.4) is 0 Å². The van der Waals surface area contributed by atoms with Crippen molar-refractivity contribution >= 4 is 75.3 Å². The van der Waals surface area contributed by atoms with Crippen LogP contribution < -0.4 is 0 Å². The molecule has 262 valence electrons. The smallest absolute Gasteiger partial charge is 0.156 e. The zero-order valence-electron chi connectivity index (χ0n) is 30.4. The SMILES string of the molecule is C=CCC(/C=C\C)CN=C(N=C(N=C)C1C=C(n2c3ccccc3c3cc4c(/C=C\C)c(C=C)n(-c5ccccc5)c4cc32)N=CC1)c1ccccc1. The number of hydrogen-bond acceptors (Lipinski definition) is 2. The van der Waals surface area contributed by atoms with Crippen molar-refractivity contribution in [3.63, 3.8) is 0 Å². The maximum atomic E-state index is 5.10. The van der Waals surface area contributed by atoms with Gasteiger partial charge in [-0.25, -0.2) is 15.0 Å². The molecule has 1 aliphatic heterocycles.